The first-order valence-electron chi connectivity index (χ1n) is 11.0. The van der Waals surface area contributed by atoms with Gasteiger partial charge in [-0.1, -0.05) is 24.3 Å². The van der Waals surface area contributed by atoms with Crippen molar-refractivity contribution < 1.29 is 0 Å². The van der Waals surface area contributed by atoms with Crippen LogP contribution in [0.4, 0.5) is 11.4 Å². The van der Waals surface area contributed by atoms with Crippen molar-refractivity contribution in [2.45, 2.75) is 34.1 Å². The minimum Gasteiger partial charge on any atom is -0.364 e. The van der Waals surface area contributed by atoms with E-state index in [-0.39, 0.29) is 0 Å². The van der Waals surface area contributed by atoms with Crippen molar-refractivity contribution in [2.24, 2.45) is 0 Å². The number of rotatable bonds is 12. The van der Waals surface area contributed by atoms with Gasteiger partial charge in [-0.2, -0.15) is 0 Å². The highest BCUT2D eigenvalue weighted by molar-refractivity contribution is 5.59. The number of nitrogens with zero attached hydrogens (tertiary/aromatic N) is 2. The van der Waals surface area contributed by atoms with Gasteiger partial charge in [0.15, 0.2) is 0 Å². The molecule has 0 aliphatic heterocycles. The number of benzene rings is 2. The molecule has 0 spiro atoms. The normalized spacial score (nSPS) is 10.5. The van der Waals surface area contributed by atoms with Crippen LogP contribution in [-0.2, 0) is 6.42 Å². The molecule has 0 saturated heterocycles. The lowest BCUT2D eigenvalue weighted by molar-refractivity contribution is 0.945. The van der Waals surface area contributed by atoms with E-state index < -0.39 is 0 Å². The summed E-state index contributed by atoms with van der Waals surface area (Å²) in [5.74, 6) is 0. The molecule has 31 heavy (non-hydrogen) atoms. The second-order valence-electron chi connectivity index (χ2n) is 8.26. The quantitative estimate of drug-likeness (QED) is 0.350. The summed E-state index contributed by atoms with van der Waals surface area (Å²) in [7, 11) is 0. The summed E-state index contributed by atoms with van der Waals surface area (Å²) in [6.45, 7) is 27.7. The van der Waals surface area contributed by atoms with E-state index >= 15 is 0 Å². The van der Waals surface area contributed by atoms with E-state index in [9.17, 15) is 0 Å². The van der Waals surface area contributed by atoms with E-state index in [1.54, 1.807) is 0 Å². The van der Waals surface area contributed by atoms with Crippen LogP contribution in [0.3, 0.4) is 0 Å². The van der Waals surface area contributed by atoms with Gasteiger partial charge in [-0.15, -0.1) is 26.3 Å². The van der Waals surface area contributed by atoms with Crippen LogP contribution in [-0.4, -0.2) is 26.2 Å². The Balaban J connectivity index is 2.39. The molecule has 0 heterocycles. The maximum absolute atomic E-state index is 3.90. The third kappa shape index (κ3) is 6.01. The third-order valence-corrected chi connectivity index (χ3v) is 5.84. The van der Waals surface area contributed by atoms with E-state index in [1.807, 2.05) is 24.3 Å². The molecule has 0 saturated carbocycles. The van der Waals surface area contributed by atoms with E-state index in [2.05, 4.69) is 88.1 Å². The van der Waals surface area contributed by atoms with Crippen LogP contribution in [0.2, 0.25) is 0 Å². The van der Waals surface area contributed by atoms with Crippen LogP contribution in [0.1, 0.15) is 33.4 Å². The fourth-order valence-corrected chi connectivity index (χ4v) is 4.23. The van der Waals surface area contributed by atoms with Gasteiger partial charge >= 0.3 is 0 Å². The molecule has 0 aromatic heterocycles. The molecule has 2 heteroatoms. The van der Waals surface area contributed by atoms with Gasteiger partial charge in [0.05, 0.1) is 0 Å². The minimum absolute atomic E-state index is 0.815. The molecule has 0 bridgehead atoms. The molecule has 0 aliphatic carbocycles. The minimum atomic E-state index is 0.815. The first kappa shape index (κ1) is 24.3. The smallest absolute Gasteiger partial charge is 0.0377 e. The number of hydrogen-bond acceptors (Lipinski definition) is 2. The molecule has 2 nitrogen and oxygen atoms in total. The Labute approximate surface area is 189 Å². The molecule has 2 rings (SSSR count). The Morgan fingerprint density at radius 1 is 0.548 bits per heavy atom. The monoisotopic (exact) mass is 414 g/mol. The predicted molar refractivity (Wildman–Crippen MR) is 140 cm³/mol. The van der Waals surface area contributed by atoms with Crippen molar-refractivity contribution in [3.05, 3.63) is 108 Å². The topological polar surface area (TPSA) is 6.48 Å². The van der Waals surface area contributed by atoms with Crippen molar-refractivity contribution in [3.8, 4) is 0 Å². The fourth-order valence-electron chi connectivity index (χ4n) is 4.23. The predicted octanol–water partition coefficient (Wildman–Crippen LogP) is 6.87. The molecule has 0 radical (unpaired) electrons. The van der Waals surface area contributed by atoms with Crippen molar-refractivity contribution in [1.29, 1.82) is 0 Å². The van der Waals surface area contributed by atoms with Crippen molar-refractivity contribution in [3.63, 3.8) is 0 Å². The second-order valence-corrected chi connectivity index (χ2v) is 8.26. The van der Waals surface area contributed by atoms with E-state index in [0.717, 1.165) is 32.6 Å². The molecule has 0 N–H and O–H groups in total. The SMILES string of the molecule is C=CCN(CC=C)c1cc(C)c(Cc2c(C)cc(N(CC=C)CC=C)cc2C)c(C)c1. The zero-order valence-electron chi connectivity index (χ0n) is 19.9. The summed E-state index contributed by atoms with van der Waals surface area (Å²) >= 11 is 0. The molecular formula is C29H38N2. The highest BCUT2D eigenvalue weighted by Gasteiger charge is 2.14. The average molecular weight is 415 g/mol. The lowest BCUT2D eigenvalue weighted by Crippen LogP contribution is -2.23. The Bertz CT molecular complexity index is 808. The zero-order valence-corrected chi connectivity index (χ0v) is 19.9. The molecule has 0 aliphatic rings. The highest BCUT2D eigenvalue weighted by atomic mass is 15.1. The second kappa shape index (κ2) is 11.4. The van der Waals surface area contributed by atoms with Gasteiger partial charge in [0.2, 0.25) is 0 Å². The van der Waals surface area contributed by atoms with Crippen molar-refractivity contribution in [2.75, 3.05) is 36.0 Å². The molecule has 0 unspecified atom stereocenters. The van der Waals surface area contributed by atoms with Gasteiger partial charge in [-0.3, -0.25) is 0 Å². The maximum Gasteiger partial charge on any atom is 0.0377 e. The first-order valence-corrected chi connectivity index (χ1v) is 11.0. The van der Waals surface area contributed by atoms with Crippen LogP contribution >= 0.6 is 0 Å². The standard InChI is InChI=1S/C29H38N2/c1-9-13-30(14-10-2)26-17-22(5)28(23(6)18-26)21-29-24(7)19-27(20-25(29)8)31(15-11-3)16-12-4/h9-12,17-20H,1-4,13-16,21H2,5-8H3. The summed E-state index contributed by atoms with van der Waals surface area (Å²) in [5.41, 5.74) is 10.6. The molecule has 0 amide bonds. The molecular weight excluding hydrogens is 376 g/mol. The molecule has 0 atom stereocenters. The average Bonchev–Trinajstić information content (AvgIpc) is 2.71. The Morgan fingerprint density at radius 3 is 1.03 bits per heavy atom. The molecule has 2 aromatic carbocycles. The van der Waals surface area contributed by atoms with Crippen LogP contribution in [0.5, 0.6) is 0 Å². The Morgan fingerprint density at radius 2 is 0.806 bits per heavy atom. The van der Waals surface area contributed by atoms with Crippen molar-refractivity contribution >= 4 is 11.4 Å². The van der Waals surface area contributed by atoms with Crippen LogP contribution in [0.25, 0.3) is 0 Å². The zero-order chi connectivity index (χ0) is 23.0. The summed E-state index contributed by atoms with van der Waals surface area (Å²) in [6.07, 6.45) is 8.72. The van der Waals surface area contributed by atoms with Crippen LogP contribution < -0.4 is 9.80 Å². The van der Waals surface area contributed by atoms with E-state index in [1.165, 1.54) is 44.8 Å². The number of aryl methyl sites for hydroxylation is 4. The summed E-state index contributed by atoms with van der Waals surface area (Å²) < 4.78 is 0. The Kier molecular flexibility index (Phi) is 8.93. The van der Waals surface area contributed by atoms with Gasteiger partial charge in [0.1, 0.15) is 0 Å². The number of anilines is 2. The molecule has 0 fully saturated rings. The van der Waals surface area contributed by atoms with Crippen LogP contribution in [0, 0.1) is 27.7 Å². The highest BCUT2D eigenvalue weighted by Crippen LogP contribution is 2.30. The van der Waals surface area contributed by atoms with Gasteiger partial charge in [-0.25, -0.2) is 0 Å². The number of hydrogen-bond donors (Lipinski definition) is 0. The van der Waals surface area contributed by atoms with Gasteiger partial charge < -0.3 is 9.80 Å². The molecule has 164 valence electrons. The first-order chi connectivity index (χ1) is 14.9. The lowest BCUT2D eigenvalue weighted by atomic mass is 9.90. The third-order valence-electron chi connectivity index (χ3n) is 5.84. The Hall–Kier alpha value is -3.00. The van der Waals surface area contributed by atoms with Crippen LogP contribution in [0.15, 0.2) is 74.9 Å². The van der Waals surface area contributed by atoms with E-state index in [4.69, 9.17) is 0 Å². The lowest BCUT2D eigenvalue weighted by Gasteiger charge is -2.26. The van der Waals surface area contributed by atoms with Gasteiger partial charge in [0, 0.05) is 37.6 Å². The maximum atomic E-state index is 3.90. The molecule has 2 aromatic rings. The fraction of sp³-hybridized carbons (Fsp3) is 0.310. The van der Waals surface area contributed by atoms with E-state index in [0.29, 0.717) is 0 Å². The summed E-state index contributed by atoms with van der Waals surface area (Å²) in [5, 5.41) is 0. The van der Waals surface area contributed by atoms with Gasteiger partial charge in [0.25, 0.3) is 0 Å². The van der Waals surface area contributed by atoms with Crippen molar-refractivity contribution in [1.82, 2.24) is 0 Å². The summed E-state index contributed by atoms with van der Waals surface area (Å²) in [4.78, 5) is 4.59. The van der Waals surface area contributed by atoms with Gasteiger partial charge in [-0.05, 0) is 91.8 Å². The largest absolute Gasteiger partial charge is 0.364 e. The summed E-state index contributed by atoms with van der Waals surface area (Å²) in [6, 6.07) is 9.18.